The molecule has 0 aliphatic carbocycles. The zero-order chi connectivity index (χ0) is 9.30. The summed E-state index contributed by atoms with van der Waals surface area (Å²) in [7, 11) is -0.503. The Balaban J connectivity index is 3.40. The molecule has 0 fully saturated rings. The van der Waals surface area contributed by atoms with E-state index in [2.05, 4.69) is 0 Å². The van der Waals surface area contributed by atoms with E-state index in [0.717, 1.165) is 17.8 Å². The molecule has 0 N–H and O–H groups in total. The average molecular weight is 191 g/mol. The summed E-state index contributed by atoms with van der Waals surface area (Å²) >= 11 is 0.883. The van der Waals surface area contributed by atoms with Crippen molar-refractivity contribution in [1.29, 1.82) is 0 Å². The molecule has 0 unspecified atom stereocenters. The molecule has 0 spiro atoms. The topological polar surface area (TPSA) is 0 Å². The maximum atomic E-state index is 12.9. The quantitative estimate of drug-likeness (QED) is 0.359. The number of halogens is 3. The van der Waals surface area contributed by atoms with Crippen LogP contribution < -0.4 is 5.46 Å². The van der Waals surface area contributed by atoms with Gasteiger partial charge in [0.15, 0.2) is 5.82 Å². The summed E-state index contributed by atoms with van der Waals surface area (Å²) in [6.07, 6.45) is 1.52. The van der Waals surface area contributed by atoms with Crippen molar-refractivity contribution < 1.29 is 13.2 Å². The molecule has 0 aliphatic heterocycles. The second kappa shape index (κ2) is 3.43. The minimum absolute atomic E-state index is 0.226. The lowest BCUT2D eigenvalue weighted by Crippen LogP contribution is -2.13. The summed E-state index contributed by atoms with van der Waals surface area (Å²) in [5, 5.41) is 0. The Morgan fingerprint density at radius 1 is 1.25 bits per heavy atom. The maximum Gasteiger partial charge on any atom is 0.171 e. The summed E-state index contributed by atoms with van der Waals surface area (Å²) in [4.78, 5) is -0.226. The number of rotatable bonds is 1. The van der Waals surface area contributed by atoms with Crippen molar-refractivity contribution >= 4 is 25.1 Å². The lowest BCUT2D eigenvalue weighted by atomic mass is 9.95. The average Bonchev–Trinajstić information content (AvgIpc) is 2.01. The summed E-state index contributed by atoms with van der Waals surface area (Å²) in [5.41, 5.74) is 0.239. The standard InChI is InChI=1S/C7H7BF3S/c1-12-7-4(9)2-3(8)5(10)6(7)11/h2H,1,8H3/q-1. The minimum atomic E-state index is -1.03. The van der Waals surface area contributed by atoms with Gasteiger partial charge >= 0.3 is 0 Å². The van der Waals surface area contributed by atoms with Crippen LogP contribution in [0.2, 0.25) is 0 Å². The van der Waals surface area contributed by atoms with Crippen LogP contribution in [0.1, 0.15) is 0 Å². The van der Waals surface area contributed by atoms with E-state index in [1.807, 2.05) is 0 Å². The van der Waals surface area contributed by atoms with Gasteiger partial charge in [-0.15, -0.1) is 11.8 Å². The van der Waals surface area contributed by atoms with Crippen LogP contribution in [0.3, 0.4) is 0 Å². The van der Waals surface area contributed by atoms with Crippen molar-refractivity contribution in [2.45, 2.75) is 4.90 Å². The van der Waals surface area contributed by atoms with Crippen molar-refractivity contribution in [1.82, 2.24) is 0 Å². The third-order valence-corrected chi connectivity index (χ3v) is 1.92. The monoisotopic (exact) mass is 191 g/mol. The lowest BCUT2D eigenvalue weighted by Gasteiger charge is -2.07. The Hall–Kier alpha value is -0.575. The van der Waals surface area contributed by atoms with Crippen LogP contribution in [0.15, 0.2) is 11.0 Å². The Kier molecular flexibility index (Phi) is 2.72. The van der Waals surface area contributed by atoms with E-state index in [4.69, 9.17) is 0 Å². The molecule has 0 heterocycles. The molecule has 1 aromatic carbocycles. The Bertz CT molecular complexity index is 314. The summed E-state index contributed by atoms with van der Waals surface area (Å²) < 4.78 is 38.7. The van der Waals surface area contributed by atoms with E-state index in [9.17, 15) is 13.2 Å². The number of benzene rings is 1. The highest BCUT2D eigenvalue weighted by atomic mass is 32.2. The van der Waals surface area contributed by atoms with Crippen LogP contribution in [0.5, 0.6) is 0 Å². The van der Waals surface area contributed by atoms with Crippen LogP contribution in [-0.2, 0) is 0 Å². The molecule has 0 radical (unpaired) electrons. The molecule has 0 atom stereocenters. The smallest absolute Gasteiger partial charge is 0.171 e. The Morgan fingerprint density at radius 3 is 2.33 bits per heavy atom. The van der Waals surface area contributed by atoms with Gasteiger partial charge in [-0.1, -0.05) is 6.07 Å². The van der Waals surface area contributed by atoms with Crippen molar-refractivity contribution in [3.63, 3.8) is 0 Å². The predicted octanol–water partition coefficient (Wildman–Crippen LogP) is 0.817. The van der Waals surface area contributed by atoms with Crippen molar-refractivity contribution in [2.75, 3.05) is 6.26 Å². The molecule has 0 bridgehead atoms. The van der Waals surface area contributed by atoms with Crippen molar-refractivity contribution in [2.24, 2.45) is 0 Å². The van der Waals surface area contributed by atoms with E-state index in [0.29, 0.717) is 0 Å². The van der Waals surface area contributed by atoms with Crippen molar-refractivity contribution in [3.05, 3.63) is 23.5 Å². The normalized spacial score (nSPS) is 10.4. The first-order chi connectivity index (χ1) is 5.57. The third kappa shape index (κ3) is 1.46. The molecule has 5 heteroatoms. The number of hydrogen-bond acceptors (Lipinski definition) is 1. The van der Waals surface area contributed by atoms with E-state index in [1.165, 1.54) is 6.26 Å². The van der Waals surface area contributed by atoms with Crippen LogP contribution in [0.25, 0.3) is 0 Å². The van der Waals surface area contributed by atoms with E-state index in [-0.39, 0.29) is 10.4 Å². The molecule has 0 saturated heterocycles. The Morgan fingerprint density at radius 2 is 1.83 bits per heavy atom. The highest BCUT2D eigenvalue weighted by Crippen LogP contribution is 2.23. The molecule has 0 nitrogen and oxygen atoms in total. The highest BCUT2D eigenvalue weighted by molar-refractivity contribution is 7.98. The second-order valence-corrected chi connectivity index (χ2v) is 2.61. The summed E-state index contributed by atoms with van der Waals surface area (Å²) in [5.74, 6) is -2.54. The molecule has 66 valence electrons. The molecule has 0 aliphatic rings. The van der Waals surface area contributed by atoms with Gasteiger partial charge in [0.2, 0.25) is 0 Å². The molecule has 0 amide bonds. The van der Waals surface area contributed by atoms with Gasteiger partial charge in [0.25, 0.3) is 0 Å². The van der Waals surface area contributed by atoms with Crippen LogP contribution in [0.4, 0.5) is 13.2 Å². The highest BCUT2D eigenvalue weighted by Gasteiger charge is 2.12. The number of thioether (sulfide) groups is 1. The lowest BCUT2D eigenvalue weighted by molar-refractivity contribution is 0.473. The zero-order valence-electron chi connectivity index (χ0n) is 5.62. The molecular weight excluding hydrogens is 184 g/mol. The predicted molar refractivity (Wildman–Crippen MR) is 47.7 cm³/mol. The van der Waals surface area contributed by atoms with Gasteiger partial charge in [-0.05, 0) is 14.1 Å². The molecule has 12 heavy (non-hydrogen) atoms. The third-order valence-electron chi connectivity index (χ3n) is 1.14. The Labute approximate surface area is 73.6 Å². The largest absolute Gasteiger partial charge is 0.207 e. The molecule has 0 saturated carbocycles. The second-order valence-electron chi connectivity index (χ2n) is 1.80. The van der Waals surface area contributed by atoms with E-state index >= 15 is 0 Å². The van der Waals surface area contributed by atoms with Crippen LogP contribution in [0, 0.1) is 17.5 Å². The SMILES string of the molecule is [BH3-]c1cc(F)c(SC)c(F)c1F. The van der Waals surface area contributed by atoms with Gasteiger partial charge < -0.3 is 0 Å². The first-order valence-electron chi connectivity index (χ1n) is 2.76. The van der Waals surface area contributed by atoms with Gasteiger partial charge in [0.05, 0.1) is 4.90 Å². The zero-order valence-corrected chi connectivity index (χ0v) is 6.44. The van der Waals surface area contributed by atoms with Crippen LogP contribution in [-0.4, -0.2) is 14.1 Å². The minimum Gasteiger partial charge on any atom is -0.207 e. The van der Waals surface area contributed by atoms with Gasteiger partial charge in [0.1, 0.15) is 11.6 Å². The van der Waals surface area contributed by atoms with E-state index < -0.39 is 25.3 Å². The first kappa shape index (κ1) is 9.51. The maximum absolute atomic E-state index is 12.9. The van der Waals surface area contributed by atoms with Crippen molar-refractivity contribution in [3.8, 4) is 0 Å². The number of hydrogen-bond donors (Lipinski definition) is 0. The fourth-order valence-corrected chi connectivity index (χ4v) is 1.17. The molecule has 1 rings (SSSR count). The van der Waals surface area contributed by atoms with Gasteiger partial charge in [-0.25, -0.2) is 13.2 Å². The van der Waals surface area contributed by atoms with Gasteiger partial charge in [-0.2, -0.15) is 5.46 Å². The molecule has 0 aromatic heterocycles. The van der Waals surface area contributed by atoms with Crippen LogP contribution >= 0.6 is 11.8 Å². The molecular formula is C7H7BF3S-. The first-order valence-corrected chi connectivity index (χ1v) is 3.98. The fraction of sp³-hybridized carbons (Fsp3) is 0.143. The summed E-state index contributed by atoms with van der Waals surface area (Å²) in [6, 6.07) is 1.10. The summed E-state index contributed by atoms with van der Waals surface area (Å²) in [6.45, 7) is 0. The van der Waals surface area contributed by atoms with E-state index in [1.54, 1.807) is 0 Å². The van der Waals surface area contributed by atoms with Gasteiger partial charge in [-0.3, -0.25) is 0 Å². The fourth-order valence-electron chi connectivity index (χ4n) is 0.647. The van der Waals surface area contributed by atoms with Gasteiger partial charge in [0, 0.05) is 0 Å². The molecule has 1 aromatic rings.